The van der Waals surface area contributed by atoms with Crippen LogP contribution in [0.25, 0.3) is 0 Å². The molecule has 1 aromatic carbocycles. The number of thiazole rings is 1. The molecule has 2 heterocycles. The number of aromatic nitrogens is 1. The van der Waals surface area contributed by atoms with Gasteiger partial charge >= 0.3 is 0 Å². The second-order valence-electron chi connectivity index (χ2n) is 6.91. The van der Waals surface area contributed by atoms with Crippen molar-refractivity contribution in [1.29, 1.82) is 0 Å². The zero-order valence-electron chi connectivity index (χ0n) is 15.4. The molecule has 6 heteroatoms. The highest BCUT2D eigenvalue weighted by Crippen LogP contribution is 2.26. The Bertz CT molecular complexity index is 730. The van der Waals surface area contributed by atoms with Crippen molar-refractivity contribution >= 4 is 28.6 Å². The minimum Gasteiger partial charge on any atom is -0.369 e. The van der Waals surface area contributed by atoms with Crippen LogP contribution in [0.5, 0.6) is 0 Å². The van der Waals surface area contributed by atoms with Crippen molar-refractivity contribution in [3.8, 4) is 0 Å². The number of nitrogens with one attached hydrogen (secondary N) is 1. The van der Waals surface area contributed by atoms with E-state index in [0.29, 0.717) is 10.8 Å². The van der Waals surface area contributed by atoms with Crippen LogP contribution in [0.2, 0.25) is 0 Å². The first-order valence-electron chi connectivity index (χ1n) is 8.76. The lowest BCUT2D eigenvalue weighted by Gasteiger charge is -2.34. The highest BCUT2D eigenvalue weighted by molar-refractivity contribution is 7.14. The molecule has 1 aliphatic rings. The highest BCUT2D eigenvalue weighted by atomic mass is 32.1. The van der Waals surface area contributed by atoms with E-state index >= 15 is 0 Å². The van der Waals surface area contributed by atoms with Gasteiger partial charge in [-0.15, -0.1) is 11.3 Å². The first-order chi connectivity index (χ1) is 11.9. The number of carbonyl (C=O) groups is 1. The summed E-state index contributed by atoms with van der Waals surface area (Å²) in [6.07, 6.45) is 0. The van der Waals surface area contributed by atoms with Crippen molar-refractivity contribution < 1.29 is 4.79 Å². The van der Waals surface area contributed by atoms with E-state index in [9.17, 15) is 4.79 Å². The van der Waals surface area contributed by atoms with Crippen LogP contribution in [0.1, 0.15) is 40.1 Å². The van der Waals surface area contributed by atoms with Gasteiger partial charge in [-0.1, -0.05) is 13.8 Å². The Morgan fingerprint density at radius 2 is 1.80 bits per heavy atom. The number of hydrogen-bond acceptors (Lipinski definition) is 5. The van der Waals surface area contributed by atoms with Crippen LogP contribution in [-0.2, 0) is 0 Å². The van der Waals surface area contributed by atoms with Crippen molar-refractivity contribution in [3.05, 3.63) is 39.8 Å². The van der Waals surface area contributed by atoms with Gasteiger partial charge in [-0.2, -0.15) is 0 Å². The predicted molar refractivity (Wildman–Crippen MR) is 105 cm³/mol. The van der Waals surface area contributed by atoms with E-state index in [-0.39, 0.29) is 5.91 Å². The SMILES string of the molecule is Cc1nc(C(C)C)sc1C(=O)Nc1ccc(N2CCN(C)CC2)cc1. The smallest absolute Gasteiger partial charge is 0.267 e. The molecule has 3 rings (SSSR count). The Labute approximate surface area is 153 Å². The average Bonchev–Trinajstić information content (AvgIpc) is 2.99. The fourth-order valence-electron chi connectivity index (χ4n) is 2.88. The summed E-state index contributed by atoms with van der Waals surface area (Å²) in [6, 6.07) is 8.12. The maximum absolute atomic E-state index is 12.5. The number of benzene rings is 1. The Morgan fingerprint density at radius 1 is 1.16 bits per heavy atom. The number of anilines is 2. The van der Waals surface area contributed by atoms with E-state index in [0.717, 1.165) is 42.6 Å². The minimum atomic E-state index is -0.0748. The number of hydrogen-bond donors (Lipinski definition) is 1. The Balaban J connectivity index is 1.66. The van der Waals surface area contributed by atoms with E-state index < -0.39 is 0 Å². The zero-order valence-corrected chi connectivity index (χ0v) is 16.2. The number of carbonyl (C=O) groups excluding carboxylic acids is 1. The number of piperazine rings is 1. The van der Waals surface area contributed by atoms with Crippen LogP contribution in [0.4, 0.5) is 11.4 Å². The molecule has 0 atom stereocenters. The fraction of sp³-hybridized carbons (Fsp3) is 0.474. The van der Waals surface area contributed by atoms with Gasteiger partial charge < -0.3 is 15.1 Å². The largest absolute Gasteiger partial charge is 0.369 e. The summed E-state index contributed by atoms with van der Waals surface area (Å²) in [5.41, 5.74) is 2.84. The van der Waals surface area contributed by atoms with Crippen molar-refractivity contribution in [2.45, 2.75) is 26.7 Å². The second kappa shape index (κ2) is 7.54. The summed E-state index contributed by atoms with van der Waals surface area (Å²) >= 11 is 1.48. The third kappa shape index (κ3) is 4.19. The lowest BCUT2D eigenvalue weighted by atomic mass is 10.2. The van der Waals surface area contributed by atoms with Crippen LogP contribution in [0, 0.1) is 6.92 Å². The Morgan fingerprint density at radius 3 is 2.36 bits per heavy atom. The third-order valence-corrected chi connectivity index (χ3v) is 5.96. The van der Waals surface area contributed by atoms with Crippen LogP contribution < -0.4 is 10.2 Å². The summed E-state index contributed by atoms with van der Waals surface area (Å²) in [6.45, 7) is 10.3. The van der Waals surface area contributed by atoms with Crippen molar-refractivity contribution in [2.75, 3.05) is 43.4 Å². The summed E-state index contributed by atoms with van der Waals surface area (Å²) in [4.78, 5) is 22.5. The van der Waals surface area contributed by atoms with Crippen molar-refractivity contribution in [1.82, 2.24) is 9.88 Å². The highest BCUT2D eigenvalue weighted by Gasteiger charge is 2.18. The normalized spacial score (nSPS) is 15.6. The van der Waals surface area contributed by atoms with Gasteiger partial charge in [-0.3, -0.25) is 4.79 Å². The van der Waals surface area contributed by atoms with E-state index in [4.69, 9.17) is 0 Å². The van der Waals surface area contributed by atoms with E-state index in [2.05, 4.69) is 53.1 Å². The number of amides is 1. The number of rotatable bonds is 4. The topological polar surface area (TPSA) is 48.5 Å². The maximum atomic E-state index is 12.5. The second-order valence-corrected chi connectivity index (χ2v) is 7.94. The molecule has 25 heavy (non-hydrogen) atoms. The molecule has 1 amide bonds. The first kappa shape index (κ1) is 17.9. The van der Waals surface area contributed by atoms with Gasteiger partial charge in [0.1, 0.15) is 4.88 Å². The zero-order chi connectivity index (χ0) is 18.0. The van der Waals surface area contributed by atoms with Gasteiger partial charge in [-0.05, 0) is 38.2 Å². The molecular weight excluding hydrogens is 332 g/mol. The van der Waals surface area contributed by atoms with Gasteiger partial charge in [0.25, 0.3) is 5.91 Å². The van der Waals surface area contributed by atoms with Crippen molar-refractivity contribution in [2.24, 2.45) is 0 Å². The molecule has 2 aromatic rings. The van der Waals surface area contributed by atoms with Gasteiger partial charge in [-0.25, -0.2) is 4.98 Å². The summed E-state index contributed by atoms with van der Waals surface area (Å²) < 4.78 is 0. The summed E-state index contributed by atoms with van der Waals surface area (Å²) in [5, 5.41) is 4.00. The lowest BCUT2D eigenvalue weighted by Crippen LogP contribution is -2.44. The van der Waals surface area contributed by atoms with Gasteiger partial charge in [0.05, 0.1) is 10.7 Å². The molecule has 0 bridgehead atoms. The molecule has 1 aromatic heterocycles. The fourth-order valence-corrected chi connectivity index (χ4v) is 3.85. The third-order valence-electron chi connectivity index (χ3n) is 4.51. The van der Waals surface area contributed by atoms with E-state index in [1.165, 1.54) is 17.0 Å². The maximum Gasteiger partial charge on any atom is 0.267 e. The number of likely N-dealkylation sites (N-methyl/N-ethyl adjacent to an activating group) is 1. The van der Waals surface area contributed by atoms with E-state index in [1.54, 1.807) is 0 Å². The monoisotopic (exact) mass is 358 g/mol. The number of aryl methyl sites for hydroxylation is 1. The molecule has 1 fully saturated rings. The van der Waals surface area contributed by atoms with Crippen LogP contribution in [-0.4, -0.2) is 49.0 Å². The van der Waals surface area contributed by atoms with E-state index in [1.807, 2.05) is 19.1 Å². The summed E-state index contributed by atoms with van der Waals surface area (Å²) in [5.74, 6) is 0.266. The van der Waals surface area contributed by atoms with Crippen LogP contribution in [0.3, 0.4) is 0 Å². The molecule has 1 aliphatic heterocycles. The van der Waals surface area contributed by atoms with Crippen LogP contribution >= 0.6 is 11.3 Å². The predicted octanol–water partition coefficient (Wildman–Crippen LogP) is 3.58. The van der Waals surface area contributed by atoms with Gasteiger partial charge in [0.15, 0.2) is 0 Å². The quantitative estimate of drug-likeness (QED) is 0.908. The van der Waals surface area contributed by atoms with Crippen molar-refractivity contribution in [3.63, 3.8) is 0 Å². The lowest BCUT2D eigenvalue weighted by molar-refractivity contribution is 0.103. The first-order valence-corrected chi connectivity index (χ1v) is 9.58. The molecule has 1 N–H and O–H groups in total. The molecule has 1 saturated heterocycles. The molecule has 0 aliphatic carbocycles. The van der Waals surface area contributed by atoms with Gasteiger partial charge in [0.2, 0.25) is 0 Å². The van der Waals surface area contributed by atoms with Gasteiger partial charge in [0, 0.05) is 43.5 Å². The molecule has 0 saturated carbocycles. The molecule has 0 radical (unpaired) electrons. The molecule has 5 nitrogen and oxygen atoms in total. The molecule has 0 unspecified atom stereocenters. The average molecular weight is 359 g/mol. The molecule has 0 spiro atoms. The Hall–Kier alpha value is -1.92. The molecular formula is C19H26N4OS. The summed E-state index contributed by atoms with van der Waals surface area (Å²) in [7, 11) is 2.15. The Kier molecular flexibility index (Phi) is 5.39. The standard InChI is InChI=1S/C19H26N4OS/c1-13(2)19-20-14(3)17(25-19)18(24)21-15-5-7-16(8-6-15)23-11-9-22(4)10-12-23/h5-8,13H,9-12H2,1-4H3,(H,21,24). The minimum absolute atomic E-state index is 0.0748. The molecule has 134 valence electrons. The number of nitrogens with zero attached hydrogens (tertiary/aromatic N) is 3. The van der Waals surface area contributed by atoms with Crippen LogP contribution in [0.15, 0.2) is 24.3 Å².